The molecule has 3 rings (SSSR count). The van der Waals surface area contributed by atoms with E-state index >= 15 is 0 Å². The van der Waals surface area contributed by atoms with E-state index in [4.69, 9.17) is 0 Å². The average molecular weight is 283 g/mol. The molecule has 1 aromatic heterocycles. The first-order valence-corrected chi connectivity index (χ1v) is 7.44. The topological polar surface area (TPSA) is 37.6 Å². The number of benzene rings is 1. The van der Waals surface area contributed by atoms with Gasteiger partial charge in [-0.3, -0.25) is 0 Å². The number of nitroso groups, excluding NO2 is 1. The van der Waals surface area contributed by atoms with Crippen LogP contribution in [0, 0.1) is 11.8 Å². The second-order valence-corrected chi connectivity index (χ2v) is 5.90. The number of aromatic nitrogens is 1. The molecular formula is C17H21N3O. The third-order valence-electron chi connectivity index (χ3n) is 4.64. The fourth-order valence-electron chi connectivity index (χ4n) is 3.49. The molecule has 1 fully saturated rings. The van der Waals surface area contributed by atoms with Gasteiger partial charge in [-0.1, -0.05) is 12.7 Å². The van der Waals surface area contributed by atoms with Crippen molar-refractivity contribution in [2.75, 3.05) is 20.1 Å². The summed E-state index contributed by atoms with van der Waals surface area (Å²) in [6.07, 6.45) is 4.18. The Bertz CT molecular complexity index is 694. The van der Waals surface area contributed by atoms with Crippen molar-refractivity contribution in [3.63, 3.8) is 0 Å². The Kier molecular flexibility index (Phi) is 3.64. The fourth-order valence-corrected chi connectivity index (χ4v) is 3.49. The lowest BCUT2D eigenvalue weighted by Crippen LogP contribution is -2.31. The van der Waals surface area contributed by atoms with Gasteiger partial charge in [0.1, 0.15) is 5.69 Å². The summed E-state index contributed by atoms with van der Waals surface area (Å²) in [5.41, 5.74) is 4.00. The maximum absolute atomic E-state index is 10.9. The number of fused-ring (bicyclic) bond motifs is 1. The molecule has 0 atom stereocenters. The SMILES string of the molecule is C=Cc1c(C)n(C2CCN(C)CC2)c2cc(N=O)ccc12. The van der Waals surface area contributed by atoms with Crippen LogP contribution in [0.1, 0.15) is 30.1 Å². The second kappa shape index (κ2) is 5.45. The smallest absolute Gasteiger partial charge is 0.110 e. The van der Waals surface area contributed by atoms with Crippen LogP contribution in [-0.4, -0.2) is 29.6 Å². The van der Waals surface area contributed by atoms with Crippen LogP contribution in [0.25, 0.3) is 17.0 Å². The van der Waals surface area contributed by atoms with Crippen LogP contribution in [0.15, 0.2) is 30.0 Å². The highest BCUT2D eigenvalue weighted by Gasteiger charge is 2.23. The van der Waals surface area contributed by atoms with E-state index in [-0.39, 0.29) is 0 Å². The summed E-state index contributed by atoms with van der Waals surface area (Å²) in [5.74, 6) is 0. The van der Waals surface area contributed by atoms with Gasteiger partial charge in [0.2, 0.25) is 0 Å². The predicted molar refractivity (Wildman–Crippen MR) is 88.0 cm³/mol. The number of likely N-dealkylation sites (tertiary alicyclic amines) is 1. The van der Waals surface area contributed by atoms with Gasteiger partial charge in [-0.05, 0) is 63.3 Å². The first-order chi connectivity index (χ1) is 10.2. The maximum atomic E-state index is 10.9. The highest BCUT2D eigenvalue weighted by atomic mass is 16.3. The molecule has 2 aromatic rings. The lowest BCUT2D eigenvalue weighted by atomic mass is 10.0. The second-order valence-electron chi connectivity index (χ2n) is 5.90. The van der Waals surface area contributed by atoms with Gasteiger partial charge in [-0.25, -0.2) is 0 Å². The minimum atomic E-state index is 0.485. The Morgan fingerprint density at radius 2 is 2.05 bits per heavy atom. The minimum absolute atomic E-state index is 0.485. The summed E-state index contributed by atoms with van der Waals surface area (Å²) < 4.78 is 2.38. The molecule has 0 spiro atoms. The van der Waals surface area contributed by atoms with Gasteiger partial charge < -0.3 is 9.47 Å². The molecule has 4 nitrogen and oxygen atoms in total. The molecule has 110 valence electrons. The Morgan fingerprint density at radius 1 is 1.33 bits per heavy atom. The lowest BCUT2D eigenvalue weighted by molar-refractivity contribution is 0.223. The predicted octanol–water partition coefficient (Wildman–Crippen LogP) is 4.26. The summed E-state index contributed by atoms with van der Waals surface area (Å²) in [5, 5.41) is 4.25. The molecule has 0 unspecified atom stereocenters. The molecule has 2 heterocycles. The molecule has 0 amide bonds. The van der Waals surface area contributed by atoms with Crippen LogP contribution in [0.2, 0.25) is 0 Å². The van der Waals surface area contributed by atoms with E-state index in [0.717, 1.165) is 36.8 Å². The standard InChI is InChI=1S/C17H21N3O/c1-4-15-12(2)20(14-7-9-19(3)10-8-14)17-11-13(18-21)5-6-16(15)17/h4-6,11,14H,1,7-10H2,2-3H3. The number of piperidine rings is 1. The molecule has 0 saturated carbocycles. The van der Waals surface area contributed by atoms with Crippen molar-refractivity contribution >= 4 is 22.7 Å². The van der Waals surface area contributed by atoms with Crippen molar-refractivity contribution in [1.29, 1.82) is 0 Å². The molecule has 0 N–H and O–H groups in total. The van der Waals surface area contributed by atoms with Gasteiger partial charge in [0.25, 0.3) is 0 Å². The van der Waals surface area contributed by atoms with Crippen molar-refractivity contribution in [1.82, 2.24) is 9.47 Å². The summed E-state index contributed by atoms with van der Waals surface area (Å²) in [6.45, 7) is 8.31. The van der Waals surface area contributed by atoms with Crippen molar-refractivity contribution in [2.45, 2.75) is 25.8 Å². The van der Waals surface area contributed by atoms with E-state index in [0.29, 0.717) is 11.7 Å². The van der Waals surface area contributed by atoms with Crippen LogP contribution in [0.4, 0.5) is 5.69 Å². The molecule has 21 heavy (non-hydrogen) atoms. The van der Waals surface area contributed by atoms with E-state index in [1.807, 2.05) is 18.2 Å². The Hall–Kier alpha value is -1.94. The van der Waals surface area contributed by atoms with Crippen LogP contribution >= 0.6 is 0 Å². The molecule has 0 aliphatic carbocycles. The minimum Gasteiger partial charge on any atom is -0.341 e. The molecule has 4 heteroatoms. The van der Waals surface area contributed by atoms with Gasteiger partial charge in [-0.2, -0.15) is 0 Å². The van der Waals surface area contributed by atoms with E-state index in [1.54, 1.807) is 6.07 Å². The zero-order chi connectivity index (χ0) is 15.0. The molecule has 1 aliphatic rings. The molecule has 0 radical (unpaired) electrons. The third-order valence-corrected chi connectivity index (χ3v) is 4.64. The maximum Gasteiger partial charge on any atom is 0.110 e. The van der Waals surface area contributed by atoms with Gasteiger partial charge in [0.05, 0.1) is 5.52 Å². The van der Waals surface area contributed by atoms with Crippen molar-refractivity contribution in [3.8, 4) is 0 Å². The van der Waals surface area contributed by atoms with E-state index in [9.17, 15) is 4.91 Å². The molecule has 1 saturated heterocycles. The zero-order valence-corrected chi connectivity index (χ0v) is 12.7. The monoisotopic (exact) mass is 283 g/mol. The Morgan fingerprint density at radius 3 is 2.67 bits per heavy atom. The van der Waals surface area contributed by atoms with Gasteiger partial charge in [-0.15, -0.1) is 4.91 Å². The van der Waals surface area contributed by atoms with Crippen molar-refractivity contribution < 1.29 is 0 Å². The quantitative estimate of drug-likeness (QED) is 0.789. The number of nitrogens with zero attached hydrogens (tertiary/aromatic N) is 3. The fraction of sp³-hybridized carbons (Fsp3) is 0.412. The number of hydrogen-bond acceptors (Lipinski definition) is 3. The number of rotatable bonds is 3. The van der Waals surface area contributed by atoms with Gasteiger partial charge >= 0.3 is 0 Å². The lowest BCUT2D eigenvalue weighted by Gasteiger charge is -2.31. The molecule has 1 aliphatic heterocycles. The van der Waals surface area contributed by atoms with Crippen LogP contribution in [0.3, 0.4) is 0 Å². The van der Waals surface area contributed by atoms with Crippen LogP contribution < -0.4 is 0 Å². The Balaban J connectivity index is 2.17. The number of hydrogen-bond donors (Lipinski definition) is 0. The highest BCUT2D eigenvalue weighted by Crippen LogP contribution is 2.35. The van der Waals surface area contributed by atoms with E-state index in [2.05, 4.69) is 35.2 Å². The largest absolute Gasteiger partial charge is 0.341 e. The average Bonchev–Trinajstić information content (AvgIpc) is 2.78. The van der Waals surface area contributed by atoms with Gasteiger partial charge in [0.15, 0.2) is 0 Å². The van der Waals surface area contributed by atoms with Crippen LogP contribution in [-0.2, 0) is 0 Å². The summed E-state index contributed by atoms with van der Waals surface area (Å²) in [7, 11) is 2.17. The van der Waals surface area contributed by atoms with Crippen molar-refractivity contribution in [3.05, 3.63) is 40.9 Å². The van der Waals surface area contributed by atoms with Crippen molar-refractivity contribution in [2.24, 2.45) is 5.18 Å². The molecule has 1 aromatic carbocycles. The zero-order valence-electron chi connectivity index (χ0n) is 12.7. The summed E-state index contributed by atoms with van der Waals surface area (Å²) in [4.78, 5) is 13.2. The van der Waals surface area contributed by atoms with E-state index in [1.165, 1.54) is 11.3 Å². The summed E-state index contributed by atoms with van der Waals surface area (Å²) >= 11 is 0. The first kappa shape index (κ1) is 14.0. The summed E-state index contributed by atoms with van der Waals surface area (Å²) in [6, 6.07) is 6.16. The molecular weight excluding hydrogens is 262 g/mol. The van der Waals surface area contributed by atoms with Crippen LogP contribution in [0.5, 0.6) is 0 Å². The van der Waals surface area contributed by atoms with E-state index < -0.39 is 0 Å². The third kappa shape index (κ3) is 2.29. The van der Waals surface area contributed by atoms with Gasteiger partial charge in [0, 0.05) is 22.7 Å². The first-order valence-electron chi connectivity index (χ1n) is 7.44. The highest BCUT2D eigenvalue weighted by molar-refractivity contribution is 5.92. The molecule has 0 bridgehead atoms. The normalized spacial score (nSPS) is 17.2. The Labute approximate surface area is 125 Å².